The summed E-state index contributed by atoms with van der Waals surface area (Å²) >= 11 is 0. The lowest BCUT2D eigenvalue weighted by atomic mass is 10.1. The van der Waals surface area contributed by atoms with E-state index in [0.29, 0.717) is 30.2 Å². The first-order chi connectivity index (χ1) is 8.21. The van der Waals surface area contributed by atoms with Crippen LogP contribution in [0.25, 0.3) is 0 Å². The van der Waals surface area contributed by atoms with Gasteiger partial charge in [0.1, 0.15) is 0 Å². The van der Waals surface area contributed by atoms with Crippen LogP contribution in [-0.2, 0) is 6.54 Å². The maximum atomic E-state index is 12.0. The Morgan fingerprint density at radius 3 is 2.53 bits per heavy atom. The Kier molecular flexibility index (Phi) is 3.19. The van der Waals surface area contributed by atoms with Gasteiger partial charge in [0.2, 0.25) is 0 Å². The molecule has 1 N–H and O–H groups in total. The summed E-state index contributed by atoms with van der Waals surface area (Å²) in [6.45, 7) is 0.821. The third-order valence-electron chi connectivity index (χ3n) is 2.86. The average Bonchev–Trinajstić information content (AvgIpc) is 2.65. The Hall–Kier alpha value is -1.75. The van der Waals surface area contributed by atoms with E-state index in [2.05, 4.69) is 0 Å². The predicted molar refractivity (Wildman–Crippen MR) is 61.4 cm³/mol. The van der Waals surface area contributed by atoms with Gasteiger partial charge in [-0.3, -0.25) is 4.79 Å². The summed E-state index contributed by atoms with van der Waals surface area (Å²) in [7, 11) is 3.10. The number of carbonyl (C=O) groups excluding carboxylic acids is 1. The molecule has 1 amide bonds. The summed E-state index contributed by atoms with van der Waals surface area (Å²) in [5.41, 5.74) is 1.53. The first-order valence-corrected chi connectivity index (χ1v) is 5.36. The van der Waals surface area contributed by atoms with Gasteiger partial charge in [0, 0.05) is 18.7 Å². The molecule has 92 valence electrons. The third-order valence-corrected chi connectivity index (χ3v) is 2.86. The van der Waals surface area contributed by atoms with E-state index in [1.165, 1.54) is 7.11 Å². The molecule has 0 spiro atoms. The smallest absolute Gasteiger partial charge is 0.254 e. The number of aliphatic hydroxyl groups is 1. The van der Waals surface area contributed by atoms with Crippen molar-refractivity contribution in [1.29, 1.82) is 0 Å². The number of β-amino-alcohol motifs (C(OH)–C–C–N with tert-alkyl or cyclic N) is 1. The lowest BCUT2D eigenvalue weighted by Gasteiger charge is -2.12. The minimum atomic E-state index is -0.0741. The number of ether oxygens (including phenoxy) is 2. The Labute approximate surface area is 99.6 Å². The van der Waals surface area contributed by atoms with Crippen molar-refractivity contribution in [3.63, 3.8) is 0 Å². The van der Waals surface area contributed by atoms with E-state index in [1.807, 2.05) is 6.07 Å². The van der Waals surface area contributed by atoms with Gasteiger partial charge in [0.05, 0.1) is 20.8 Å². The number of hydrogen-bond donors (Lipinski definition) is 1. The van der Waals surface area contributed by atoms with E-state index in [0.717, 1.165) is 5.56 Å². The standard InChI is InChI=1S/C12H15NO4/c1-16-10-5-8-7-13(3-4-14)12(15)9(8)6-11(10)17-2/h5-6,14H,3-4,7H2,1-2H3. The van der Waals surface area contributed by atoms with Gasteiger partial charge in [0.25, 0.3) is 5.91 Å². The predicted octanol–water partition coefficient (Wildman–Crippen LogP) is 0.652. The molecule has 2 rings (SSSR count). The van der Waals surface area contributed by atoms with Crippen LogP contribution >= 0.6 is 0 Å². The lowest BCUT2D eigenvalue weighted by molar-refractivity contribution is 0.0745. The molecule has 1 aromatic rings. The van der Waals surface area contributed by atoms with E-state index < -0.39 is 0 Å². The molecule has 5 nitrogen and oxygen atoms in total. The quantitative estimate of drug-likeness (QED) is 0.835. The van der Waals surface area contributed by atoms with Crippen LogP contribution in [0.1, 0.15) is 15.9 Å². The maximum absolute atomic E-state index is 12.0. The van der Waals surface area contributed by atoms with Crippen LogP contribution in [0, 0.1) is 0 Å². The van der Waals surface area contributed by atoms with Crippen molar-refractivity contribution in [2.45, 2.75) is 6.54 Å². The molecule has 0 bridgehead atoms. The van der Waals surface area contributed by atoms with Crippen LogP contribution in [0.4, 0.5) is 0 Å². The lowest BCUT2D eigenvalue weighted by Crippen LogP contribution is -2.26. The summed E-state index contributed by atoms with van der Waals surface area (Å²) < 4.78 is 10.3. The molecule has 5 heteroatoms. The molecular weight excluding hydrogens is 222 g/mol. The molecule has 0 fully saturated rings. The highest BCUT2D eigenvalue weighted by molar-refractivity contribution is 5.99. The molecule has 0 unspecified atom stereocenters. The summed E-state index contributed by atoms with van der Waals surface area (Å²) in [6, 6.07) is 3.50. The van der Waals surface area contributed by atoms with Crippen molar-refractivity contribution in [3.8, 4) is 11.5 Å². The van der Waals surface area contributed by atoms with Gasteiger partial charge in [-0.15, -0.1) is 0 Å². The molecule has 1 aliphatic rings. The fourth-order valence-corrected chi connectivity index (χ4v) is 2.00. The number of amides is 1. The van der Waals surface area contributed by atoms with Crippen molar-refractivity contribution >= 4 is 5.91 Å². The van der Waals surface area contributed by atoms with Crippen LogP contribution in [0.2, 0.25) is 0 Å². The molecule has 17 heavy (non-hydrogen) atoms. The highest BCUT2D eigenvalue weighted by atomic mass is 16.5. The van der Waals surface area contributed by atoms with Gasteiger partial charge in [-0.2, -0.15) is 0 Å². The number of rotatable bonds is 4. The SMILES string of the molecule is COc1cc2c(cc1OC)C(=O)N(CCO)C2. The fraction of sp³-hybridized carbons (Fsp3) is 0.417. The van der Waals surface area contributed by atoms with Crippen molar-refractivity contribution in [1.82, 2.24) is 4.90 Å². The van der Waals surface area contributed by atoms with Crippen molar-refractivity contribution in [3.05, 3.63) is 23.3 Å². The molecule has 0 saturated heterocycles. The zero-order valence-corrected chi connectivity index (χ0v) is 9.90. The number of nitrogens with zero attached hydrogens (tertiary/aromatic N) is 1. The monoisotopic (exact) mass is 237 g/mol. The van der Waals surface area contributed by atoms with Gasteiger partial charge in [-0.25, -0.2) is 0 Å². The average molecular weight is 237 g/mol. The largest absolute Gasteiger partial charge is 0.493 e. The van der Waals surface area contributed by atoms with E-state index in [4.69, 9.17) is 14.6 Å². The molecule has 0 radical (unpaired) electrons. The van der Waals surface area contributed by atoms with Gasteiger partial charge in [-0.1, -0.05) is 0 Å². The number of benzene rings is 1. The Morgan fingerprint density at radius 1 is 1.29 bits per heavy atom. The zero-order chi connectivity index (χ0) is 12.4. The zero-order valence-electron chi connectivity index (χ0n) is 9.90. The fourth-order valence-electron chi connectivity index (χ4n) is 2.00. The maximum Gasteiger partial charge on any atom is 0.254 e. The van der Waals surface area contributed by atoms with E-state index in [1.54, 1.807) is 18.1 Å². The molecule has 1 aromatic carbocycles. The Morgan fingerprint density at radius 2 is 1.94 bits per heavy atom. The number of methoxy groups -OCH3 is 2. The highest BCUT2D eigenvalue weighted by Gasteiger charge is 2.28. The van der Waals surface area contributed by atoms with Gasteiger partial charge in [0.15, 0.2) is 11.5 Å². The second kappa shape index (κ2) is 4.63. The number of fused-ring (bicyclic) bond motifs is 1. The van der Waals surface area contributed by atoms with Crippen LogP contribution in [0.3, 0.4) is 0 Å². The first kappa shape index (κ1) is 11.7. The molecule has 0 aliphatic carbocycles. The van der Waals surface area contributed by atoms with Crippen LogP contribution < -0.4 is 9.47 Å². The second-order valence-corrected chi connectivity index (χ2v) is 3.81. The van der Waals surface area contributed by atoms with Crippen LogP contribution in [-0.4, -0.2) is 43.3 Å². The minimum absolute atomic E-state index is 0.0337. The normalized spacial score (nSPS) is 13.8. The second-order valence-electron chi connectivity index (χ2n) is 3.81. The number of carbonyl (C=O) groups is 1. The first-order valence-electron chi connectivity index (χ1n) is 5.36. The molecule has 1 aliphatic heterocycles. The van der Waals surface area contributed by atoms with E-state index in [9.17, 15) is 4.79 Å². The molecule has 0 aromatic heterocycles. The summed E-state index contributed by atoms with van der Waals surface area (Å²) in [4.78, 5) is 13.6. The molecule has 0 saturated carbocycles. The molecule has 0 atom stereocenters. The topological polar surface area (TPSA) is 59.0 Å². The number of aliphatic hydroxyl groups excluding tert-OH is 1. The van der Waals surface area contributed by atoms with Crippen LogP contribution in [0.15, 0.2) is 12.1 Å². The minimum Gasteiger partial charge on any atom is -0.493 e. The van der Waals surface area contributed by atoms with Crippen molar-refractivity contribution in [2.24, 2.45) is 0 Å². The molecular formula is C12H15NO4. The molecule has 1 heterocycles. The van der Waals surface area contributed by atoms with Crippen molar-refractivity contribution < 1.29 is 19.4 Å². The highest BCUT2D eigenvalue weighted by Crippen LogP contribution is 2.34. The van der Waals surface area contributed by atoms with Gasteiger partial charge < -0.3 is 19.5 Å². The summed E-state index contributed by atoms with van der Waals surface area (Å²) in [5.74, 6) is 1.09. The number of hydrogen-bond acceptors (Lipinski definition) is 4. The Balaban J connectivity index is 2.38. The van der Waals surface area contributed by atoms with Gasteiger partial charge in [-0.05, 0) is 17.7 Å². The third kappa shape index (κ3) is 1.93. The van der Waals surface area contributed by atoms with E-state index in [-0.39, 0.29) is 12.5 Å². The van der Waals surface area contributed by atoms with Gasteiger partial charge >= 0.3 is 0 Å². The van der Waals surface area contributed by atoms with Crippen molar-refractivity contribution in [2.75, 3.05) is 27.4 Å². The van der Waals surface area contributed by atoms with Crippen LogP contribution in [0.5, 0.6) is 11.5 Å². The summed E-state index contributed by atoms with van der Waals surface area (Å²) in [6.07, 6.45) is 0. The van der Waals surface area contributed by atoms with E-state index >= 15 is 0 Å². The Bertz CT molecular complexity index is 444. The summed E-state index contributed by atoms with van der Waals surface area (Å²) in [5, 5.41) is 8.88.